The van der Waals surface area contributed by atoms with Crippen molar-refractivity contribution in [2.24, 2.45) is 0 Å². The van der Waals surface area contributed by atoms with Gasteiger partial charge >= 0.3 is 0 Å². The number of rotatable bonds is 6. The van der Waals surface area contributed by atoms with Gasteiger partial charge in [-0.3, -0.25) is 0 Å². The molecule has 2 aromatic heterocycles. The third-order valence-electron chi connectivity index (χ3n) is 11.9. The fourth-order valence-corrected chi connectivity index (χ4v) is 9.15. The lowest BCUT2D eigenvalue weighted by Crippen LogP contribution is -2.10. The van der Waals surface area contributed by atoms with Crippen LogP contribution in [0.5, 0.6) is 0 Å². The van der Waals surface area contributed by atoms with Crippen molar-refractivity contribution in [2.75, 3.05) is 4.90 Å². The summed E-state index contributed by atoms with van der Waals surface area (Å²) in [5.74, 6) is 0. The van der Waals surface area contributed by atoms with Crippen LogP contribution in [0.4, 0.5) is 17.1 Å². The molecule has 12 aromatic rings. The first-order valence-corrected chi connectivity index (χ1v) is 20.2. The molecule has 0 amide bonds. The Labute approximate surface area is 341 Å². The number of para-hydroxylation sites is 2. The van der Waals surface area contributed by atoms with Crippen LogP contribution in [0.2, 0.25) is 0 Å². The predicted molar refractivity (Wildman–Crippen MR) is 249 cm³/mol. The molecule has 0 atom stereocenters. The number of benzene rings is 10. The van der Waals surface area contributed by atoms with E-state index in [0.717, 1.165) is 55.8 Å². The Morgan fingerprint density at radius 1 is 0.356 bits per heavy atom. The van der Waals surface area contributed by atoms with Gasteiger partial charge < -0.3 is 13.9 Å². The van der Waals surface area contributed by atoms with E-state index >= 15 is 0 Å². The van der Waals surface area contributed by atoms with Crippen LogP contribution in [-0.4, -0.2) is 4.57 Å². The molecule has 0 saturated carbocycles. The summed E-state index contributed by atoms with van der Waals surface area (Å²) in [6, 6.07) is 78.7. The quantitative estimate of drug-likeness (QED) is 0.169. The summed E-state index contributed by atoms with van der Waals surface area (Å²) >= 11 is 0. The molecule has 10 aromatic carbocycles. The number of furan rings is 1. The van der Waals surface area contributed by atoms with Crippen LogP contribution < -0.4 is 4.90 Å². The first-order valence-electron chi connectivity index (χ1n) is 20.2. The minimum Gasteiger partial charge on any atom is -0.454 e. The molecular weight excluding hydrogens is 717 g/mol. The van der Waals surface area contributed by atoms with E-state index < -0.39 is 0 Å². The average molecular weight is 753 g/mol. The highest BCUT2D eigenvalue weighted by Gasteiger charge is 2.23. The van der Waals surface area contributed by atoms with E-state index in [1.165, 1.54) is 54.5 Å². The molecule has 3 nitrogen and oxygen atoms in total. The van der Waals surface area contributed by atoms with Crippen molar-refractivity contribution in [3.05, 3.63) is 218 Å². The summed E-state index contributed by atoms with van der Waals surface area (Å²) in [5, 5.41) is 9.40. The zero-order chi connectivity index (χ0) is 38.9. The minimum absolute atomic E-state index is 0.849. The number of nitrogens with zero attached hydrogens (tertiary/aromatic N) is 2. The number of fused-ring (bicyclic) bond motifs is 9. The molecule has 0 fully saturated rings. The molecule has 2 heterocycles. The van der Waals surface area contributed by atoms with E-state index in [9.17, 15) is 0 Å². The highest BCUT2D eigenvalue weighted by molar-refractivity contribution is 6.22. The van der Waals surface area contributed by atoms with E-state index in [1.807, 2.05) is 0 Å². The van der Waals surface area contributed by atoms with Crippen molar-refractivity contribution >= 4 is 82.4 Å². The Morgan fingerprint density at radius 2 is 0.966 bits per heavy atom. The van der Waals surface area contributed by atoms with Gasteiger partial charge in [0.2, 0.25) is 0 Å². The second kappa shape index (κ2) is 13.4. The normalized spacial score (nSPS) is 11.7. The summed E-state index contributed by atoms with van der Waals surface area (Å²) in [4.78, 5) is 2.37. The summed E-state index contributed by atoms with van der Waals surface area (Å²) < 4.78 is 9.40. The maximum atomic E-state index is 7.02. The molecule has 0 spiro atoms. The van der Waals surface area contributed by atoms with Gasteiger partial charge in [-0.15, -0.1) is 0 Å². The van der Waals surface area contributed by atoms with Crippen LogP contribution in [0.15, 0.2) is 223 Å². The lowest BCUT2D eigenvalue weighted by atomic mass is 9.97. The van der Waals surface area contributed by atoms with Gasteiger partial charge in [-0.05, 0) is 117 Å². The lowest BCUT2D eigenvalue weighted by molar-refractivity contribution is 0.669. The molecule has 0 aliphatic rings. The summed E-state index contributed by atoms with van der Waals surface area (Å²) in [7, 11) is 0. The van der Waals surface area contributed by atoms with E-state index in [4.69, 9.17) is 4.42 Å². The third-order valence-corrected chi connectivity index (χ3v) is 11.9. The monoisotopic (exact) mass is 752 g/mol. The summed E-state index contributed by atoms with van der Waals surface area (Å²) in [6.45, 7) is 0. The molecule has 276 valence electrons. The van der Waals surface area contributed by atoms with Gasteiger partial charge in [0, 0.05) is 38.6 Å². The standard InChI is InChI=1S/C56H36N2O/c1-3-13-37(14-4-1)39-23-28-45(29-24-39)57(46-30-25-38-15-7-8-17-41(38)33-46)53-36-43(35-50-55-47-20-10-9-16-40(47)27-32-54(55)59-56(50)53)42-26-31-52-49(34-42)48-21-11-12-22-51(48)58(52)44-18-5-2-6-19-44/h1-36H. The predicted octanol–water partition coefficient (Wildman–Crippen LogP) is 15.8. The molecule has 12 rings (SSSR count). The second-order valence-corrected chi connectivity index (χ2v) is 15.3. The van der Waals surface area contributed by atoms with Gasteiger partial charge in [-0.2, -0.15) is 0 Å². The zero-order valence-corrected chi connectivity index (χ0v) is 32.1. The van der Waals surface area contributed by atoms with Gasteiger partial charge in [-0.25, -0.2) is 0 Å². The molecule has 59 heavy (non-hydrogen) atoms. The van der Waals surface area contributed by atoms with Crippen molar-refractivity contribution in [3.8, 4) is 27.9 Å². The van der Waals surface area contributed by atoms with Gasteiger partial charge in [0.15, 0.2) is 5.58 Å². The Hall–Kier alpha value is -7.88. The van der Waals surface area contributed by atoms with E-state index in [0.29, 0.717) is 0 Å². The fraction of sp³-hybridized carbons (Fsp3) is 0. The highest BCUT2D eigenvalue weighted by Crippen LogP contribution is 2.47. The van der Waals surface area contributed by atoms with Crippen molar-refractivity contribution in [2.45, 2.75) is 0 Å². The Balaban J connectivity index is 1.15. The topological polar surface area (TPSA) is 21.3 Å². The summed E-state index contributed by atoms with van der Waals surface area (Å²) in [5.41, 5.74) is 12.9. The number of aromatic nitrogens is 1. The van der Waals surface area contributed by atoms with Gasteiger partial charge in [0.1, 0.15) is 5.58 Å². The maximum absolute atomic E-state index is 7.02. The van der Waals surface area contributed by atoms with E-state index in [-0.39, 0.29) is 0 Å². The Kier molecular flexibility index (Phi) is 7.54. The van der Waals surface area contributed by atoms with Crippen molar-refractivity contribution in [1.82, 2.24) is 4.57 Å². The number of anilines is 3. The molecule has 0 aliphatic carbocycles. The smallest absolute Gasteiger partial charge is 0.159 e. The van der Waals surface area contributed by atoms with Crippen molar-refractivity contribution < 1.29 is 4.42 Å². The lowest BCUT2D eigenvalue weighted by Gasteiger charge is -2.27. The van der Waals surface area contributed by atoms with Crippen molar-refractivity contribution in [1.29, 1.82) is 0 Å². The van der Waals surface area contributed by atoms with Crippen LogP contribution >= 0.6 is 0 Å². The zero-order valence-electron chi connectivity index (χ0n) is 32.1. The van der Waals surface area contributed by atoms with Gasteiger partial charge in [0.05, 0.1) is 16.7 Å². The molecule has 0 saturated heterocycles. The molecule has 0 N–H and O–H groups in total. The van der Waals surface area contributed by atoms with Gasteiger partial charge in [0.25, 0.3) is 0 Å². The first kappa shape index (κ1) is 33.3. The first-order chi connectivity index (χ1) is 29.2. The van der Waals surface area contributed by atoms with Gasteiger partial charge in [-0.1, -0.05) is 146 Å². The largest absolute Gasteiger partial charge is 0.454 e. The van der Waals surface area contributed by atoms with Crippen LogP contribution in [0, 0.1) is 0 Å². The molecule has 0 radical (unpaired) electrons. The highest BCUT2D eigenvalue weighted by atomic mass is 16.3. The minimum atomic E-state index is 0.849. The SMILES string of the molecule is c1ccc(-c2ccc(N(c3ccc4ccccc4c3)c3cc(-c4ccc5c(c4)c4ccccc4n5-c4ccccc4)cc4c3oc3ccc5ccccc5c34)cc2)cc1. The van der Waals surface area contributed by atoms with Crippen LogP contribution in [0.25, 0.3) is 93.2 Å². The maximum Gasteiger partial charge on any atom is 0.159 e. The van der Waals surface area contributed by atoms with Crippen LogP contribution in [0.3, 0.4) is 0 Å². The van der Waals surface area contributed by atoms with Crippen molar-refractivity contribution in [3.63, 3.8) is 0 Å². The van der Waals surface area contributed by atoms with E-state index in [2.05, 4.69) is 228 Å². The number of hydrogen-bond donors (Lipinski definition) is 0. The molecule has 0 bridgehead atoms. The average Bonchev–Trinajstić information content (AvgIpc) is 3.86. The second-order valence-electron chi connectivity index (χ2n) is 15.3. The number of hydrogen-bond acceptors (Lipinski definition) is 2. The Morgan fingerprint density at radius 3 is 1.80 bits per heavy atom. The fourth-order valence-electron chi connectivity index (χ4n) is 9.15. The molecule has 0 unspecified atom stereocenters. The summed E-state index contributed by atoms with van der Waals surface area (Å²) in [6.07, 6.45) is 0. The van der Waals surface area contributed by atoms with E-state index in [1.54, 1.807) is 0 Å². The van der Waals surface area contributed by atoms with Crippen LogP contribution in [-0.2, 0) is 0 Å². The Bertz CT molecular complexity index is 3540. The molecule has 3 heteroatoms. The van der Waals surface area contributed by atoms with Crippen LogP contribution in [0.1, 0.15) is 0 Å². The molecule has 0 aliphatic heterocycles. The third kappa shape index (κ3) is 5.44. The molecular formula is C56H36N2O.